The number of aromatic hydroxyl groups is 1. The van der Waals surface area contributed by atoms with Gasteiger partial charge in [0.1, 0.15) is 16.7 Å². The maximum atomic E-state index is 11.9. The average Bonchev–Trinajstić information content (AvgIpc) is 3.29. The number of nitrogens with zero attached hydrogens (tertiary/aromatic N) is 2. The van der Waals surface area contributed by atoms with E-state index < -0.39 is 5.56 Å². The van der Waals surface area contributed by atoms with Crippen LogP contribution in [0, 0.1) is 11.3 Å². The summed E-state index contributed by atoms with van der Waals surface area (Å²) in [7, 11) is 0. The molecule has 0 atom stereocenters. The molecule has 0 saturated carbocycles. The van der Waals surface area contributed by atoms with Gasteiger partial charge in [-0.25, -0.2) is 0 Å². The summed E-state index contributed by atoms with van der Waals surface area (Å²) in [4.78, 5) is 14.5. The lowest BCUT2D eigenvalue weighted by atomic mass is 10.0. The number of benzene rings is 2. The molecule has 7 heteroatoms. The van der Waals surface area contributed by atoms with Gasteiger partial charge in [0.2, 0.25) is 0 Å². The van der Waals surface area contributed by atoms with Crippen molar-refractivity contribution in [3.63, 3.8) is 0 Å². The number of fused-ring (bicyclic) bond motifs is 2. The molecule has 0 unspecified atom stereocenters. The molecule has 0 aliphatic heterocycles. The summed E-state index contributed by atoms with van der Waals surface area (Å²) in [6, 6.07) is 19.3. The molecule has 0 fully saturated rings. The fourth-order valence-corrected chi connectivity index (χ4v) is 4.83. The lowest BCUT2D eigenvalue weighted by Crippen LogP contribution is -2.10. The molecule has 0 aliphatic carbocycles. The Morgan fingerprint density at radius 2 is 1.90 bits per heavy atom. The van der Waals surface area contributed by atoms with Crippen molar-refractivity contribution in [3.05, 3.63) is 81.0 Å². The molecule has 0 radical (unpaired) electrons. The molecule has 29 heavy (non-hydrogen) atoms. The van der Waals surface area contributed by atoms with Crippen molar-refractivity contribution in [2.75, 3.05) is 0 Å². The van der Waals surface area contributed by atoms with E-state index in [1.165, 1.54) is 10.1 Å². The van der Waals surface area contributed by atoms with E-state index in [9.17, 15) is 15.2 Å². The number of hydrogen-bond acceptors (Lipinski definition) is 4. The fraction of sp³-hybridized carbons (Fsp3) is 0. The Morgan fingerprint density at radius 1 is 1.14 bits per heavy atom. The summed E-state index contributed by atoms with van der Waals surface area (Å²) < 4.78 is 2.84. The molecule has 0 saturated heterocycles. The van der Waals surface area contributed by atoms with E-state index in [0.717, 1.165) is 11.1 Å². The zero-order chi connectivity index (χ0) is 20.1. The van der Waals surface area contributed by atoms with Crippen LogP contribution in [0.1, 0.15) is 5.56 Å². The minimum atomic E-state index is -0.647. The van der Waals surface area contributed by atoms with Gasteiger partial charge in [0, 0.05) is 21.3 Å². The first kappa shape index (κ1) is 17.6. The summed E-state index contributed by atoms with van der Waals surface area (Å²) >= 11 is 8.09. The van der Waals surface area contributed by atoms with Crippen LogP contribution in [0.5, 0.6) is 5.75 Å². The molecule has 140 valence electrons. The van der Waals surface area contributed by atoms with Crippen LogP contribution in [0.4, 0.5) is 0 Å². The molecular formula is C22H12ClN3O2S. The second-order valence-electron chi connectivity index (χ2n) is 6.55. The van der Waals surface area contributed by atoms with Crippen molar-refractivity contribution in [2.45, 2.75) is 0 Å². The van der Waals surface area contributed by atoms with Crippen LogP contribution in [0.15, 0.2) is 64.8 Å². The van der Waals surface area contributed by atoms with Crippen LogP contribution in [0.3, 0.4) is 0 Å². The number of aromatic nitrogens is 2. The Bertz CT molecular complexity index is 1500. The number of H-pyrrole nitrogens is 1. The van der Waals surface area contributed by atoms with Gasteiger partial charge in [0.25, 0.3) is 5.56 Å². The summed E-state index contributed by atoms with van der Waals surface area (Å²) in [6.07, 6.45) is 0. The number of thiophene rings is 1. The number of halogens is 1. The summed E-state index contributed by atoms with van der Waals surface area (Å²) in [5, 5.41) is 23.3. The first-order chi connectivity index (χ1) is 14.1. The van der Waals surface area contributed by atoms with Gasteiger partial charge in [0.05, 0.1) is 5.52 Å². The first-order valence-electron chi connectivity index (χ1n) is 8.72. The lowest BCUT2D eigenvalue weighted by Gasteiger charge is -2.10. The smallest absolute Gasteiger partial charge is 0.270 e. The third-order valence-corrected chi connectivity index (χ3v) is 6.16. The van der Waals surface area contributed by atoms with Crippen molar-refractivity contribution < 1.29 is 5.11 Å². The number of hydrogen-bond donors (Lipinski definition) is 2. The molecule has 5 rings (SSSR count). The third kappa shape index (κ3) is 2.64. The number of nitriles is 1. The van der Waals surface area contributed by atoms with Gasteiger partial charge in [-0.3, -0.25) is 9.36 Å². The van der Waals surface area contributed by atoms with Gasteiger partial charge in [0.15, 0.2) is 11.3 Å². The maximum absolute atomic E-state index is 11.9. The number of rotatable bonds is 2. The predicted octanol–water partition coefficient (Wildman–Crippen LogP) is 5.43. The minimum Gasteiger partial charge on any atom is -0.504 e. The Balaban J connectivity index is 1.68. The summed E-state index contributed by atoms with van der Waals surface area (Å²) in [5.41, 5.74) is 2.60. The molecule has 0 aliphatic rings. The molecule has 2 N–H and O–H groups in total. The minimum absolute atomic E-state index is 0.292. The van der Waals surface area contributed by atoms with Gasteiger partial charge in [-0.1, -0.05) is 41.9 Å². The molecular weight excluding hydrogens is 406 g/mol. The van der Waals surface area contributed by atoms with Crippen LogP contribution in [-0.2, 0) is 0 Å². The largest absolute Gasteiger partial charge is 0.504 e. The monoisotopic (exact) mass is 417 g/mol. The molecule has 0 spiro atoms. The Labute approximate surface area is 173 Å². The van der Waals surface area contributed by atoms with Crippen LogP contribution < -0.4 is 5.56 Å². The highest BCUT2D eigenvalue weighted by Crippen LogP contribution is 2.36. The number of pyridine rings is 1. The van der Waals surface area contributed by atoms with Crippen LogP contribution in [-0.4, -0.2) is 14.7 Å². The van der Waals surface area contributed by atoms with Crippen LogP contribution in [0.2, 0.25) is 5.15 Å². The van der Waals surface area contributed by atoms with E-state index in [1.54, 1.807) is 28.0 Å². The predicted molar refractivity (Wildman–Crippen MR) is 116 cm³/mol. The van der Waals surface area contributed by atoms with E-state index in [2.05, 4.69) is 22.5 Å². The number of aromatic amines is 1. The molecule has 2 aromatic carbocycles. The second-order valence-corrected chi connectivity index (χ2v) is 7.85. The van der Waals surface area contributed by atoms with Crippen molar-refractivity contribution in [1.82, 2.24) is 9.55 Å². The zero-order valence-electron chi connectivity index (χ0n) is 14.8. The number of nitrogens with one attached hydrogen (secondary N) is 1. The van der Waals surface area contributed by atoms with E-state index >= 15 is 0 Å². The molecule has 5 nitrogen and oxygen atoms in total. The molecule has 0 bridgehead atoms. The highest BCUT2D eigenvalue weighted by atomic mass is 35.5. The SMILES string of the molecule is N#Cc1c(O)c2c(cc(Cl)n2-c2ccc(-c3csc4ccccc34)cc2)[nH]c1=O. The lowest BCUT2D eigenvalue weighted by molar-refractivity contribution is 0.476. The van der Waals surface area contributed by atoms with Crippen LogP contribution in [0.25, 0.3) is 37.9 Å². The second kappa shape index (κ2) is 6.52. The fourth-order valence-electron chi connectivity index (χ4n) is 3.57. The highest BCUT2D eigenvalue weighted by Gasteiger charge is 2.19. The van der Waals surface area contributed by atoms with Crippen molar-refractivity contribution >= 4 is 44.1 Å². The van der Waals surface area contributed by atoms with E-state index in [0.29, 0.717) is 21.9 Å². The van der Waals surface area contributed by atoms with Gasteiger partial charge >= 0.3 is 0 Å². The highest BCUT2D eigenvalue weighted by molar-refractivity contribution is 7.17. The first-order valence-corrected chi connectivity index (χ1v) is 9.97. The standard InChI is InChI=1S/C22H12ClN3O2S/c23-19-9-17-20(21(27)15(10-24)22(28)25-17)26(19)13-7-5-12(6-8-13)16-11-29-18-4-2-1-3-14(16)18/h1-9,11H,(H2,25,27,28). The van der Waals surface area contributed by atoms with E-state index in [1.807, 2.05) is 36.4 Å². The van der Waals surface area contributed by atoms with Crippen molar-refractivity contribution in [2.24, 2.45) is 0 Å². The molecule has 0 amide bonds. The van der Waals surface area contributed by atoms with Crippen molar-refractivity contribution in [1.29, 1.82) is 5.26 Å². The average molecular weight is 418 g/mol. The molecule has 3 aromatic heterocycles. The van der Waals surface area contributed by atoms with Gasteiger partial charge < -0.3 is 10.1 Å². The zero-order valence-corrected chi connectivity index (χ0v) is 16.4. The Morgan fingerprint density at radius 3 is 2.66 bits per heavy atom. The molecule has 5 aromatic rings. The molecule has 3 heterocycles. The Hall–Kier alpha value is -3.53. The Kier molecular flexibility index (Phi) is 3.95. The van der Waals surface area contributed by atoms with Gasteiger partial charge in [-0.15, -0.1) is 11.3 Å². The third-order valence-electron chi connectivity index (χ3n) is 4.92. The summed E-state index contributed by atoms with van der Waals surface area (Å²) in [6.45, 7) is 0. The van der Waals surface area contributed by atoms with Crippen LogP contribution >= 0.6 is 22.9 Å². The van der Waals surface area contributed by atoms with Gasteiger partial charge in [-0.05, 0) is 35.2 Å². The van der Waals surface area contributed by atoms with Gasteiger partial charge in [-0.2, -0.15) is 5.26 Å². The van der Waals surface area contributed by atoms with E-state index in [4.69, 9.17) is 11.6 Å². The topological polar surface area (TPSA) is 81.8 Å². The quantitative estimate of drug-likeness (QED) is 0.401. The normalized spacial score (nSPS) is 11.2. The maximum Gasteiger partial charge on any atom is 0.270 e. The summed E-state index contributed by atoms with van der Waals surface area (Å²) in [5.74, 6) is -0.383. The van der Waals surface area contributed by atoms with Crippen molar-refractivity contribution in [3.8, 4) is 28.6 Å². The van der Waals surface area contributed by atoms with E-state index in [-0.39, 0.29) is 11.3 Å².